The van der Waals surface area contributed by atoms with Crippen LogP contribution in [0.4, 0.5) is 4.39 Å². The van der Waals surface area contributed by atoms with Gasteiger partial charge in [0, 0.05) is 12.1 Å². The summed E-state index contributed by atoms with van der Waals surface area (Å²) in [5, 5.41) is 0. The number of nitrogens with two attached hydrogens (primary N) is 1. The van der Waals surface area contributed by atoms with Crippen molar-refractivity contribution in [3.8, 4) is 0 Å². The van der Waals surface area contributed by atoms with Crippen LogP contribution in [0.15, 0.2) is 18.2 Å². The number of ether oxygens (including phenoxy) is 1. The van der Waals surface area contributed by atoms with Gasteiger partial charge < -0.3 is 10.5 Å². The first-order chi connectivity index (χ1) is 7.33. The molecule has 2 N–H and O–H groups in total. The first kappa shape index (κ1) is 12.6. The van der Waals surface area contributed by atoms with E-state index in [2.05, 4.69) is 0 Å². The van der Waals surface area contributed by atoms with Gasteiger partial charge in [0.2, 0.25) is 0 Å². The molecule has 1 aromatic rings. The minimum Gasteiger partial charge on any atom is -0.456 e. The van der Waals surface area contributed by atoms with Gasteiger partial charge in [-0.1, -0.05) is 6.07 Å². The zero-order chi connectivity index (χ0) is 12.3. The van der Waals surface area contributed by atoms with Gasteiger partial charge in [-0.3, -0.25) is 0 Å². The van der Waals surface area contributed by atoms with Gasteiger partial charge in [0.05, 0.1) is 5.56 Å². The number of rotatable bonds is 2. The molecular weight excluding hydrogens is 209 g/mol. The summed E-state index contributed by atoms with van der Waals surface area (Å²) in [6.45, 7) is 5.39. The minimum absolute atomic E-state index is 0.112. The van der Waals surface area contributed by atoms with Crippen LogP contribution in [0.2, 0.25) is 0 Å². The second kappa shape index (κ2) is 4.61. The summed E-state index contributed by atoms with van der Waals surface area (Å²) in [5.41, 5.74) is 5.32. The predicted octanol–water partition coefficient (Wildman–Crippen LogP) is 2.24. The summed E-state index contributed by atoms with van der Waals surface area (Å²) in [6.07, 6.45) is 0. The van der Waals surface area contributed by atoms with E-state index in [1.54, 1.807) is 20.8 Å². The quantitative estimate of drug-likeness (QED) is 0.785. The summed E-state index contributed by atoms with van der Waals surface area (Å²) in [5.74, 6) is -1.01. The molecule has 0 aliphatic heterocycles. The van der Waals surface area contributed by atoms with Gasteiger partial charge in [0.25, 0.3) is 0 Å². The lowest BCUT2D eigenvalue weighted by atomic mass is 10.1. The second-order valence-electron chi connectivity index (χ2n) is 4.51. The Balaban J connectivity index is 2.89. The van der Waals surface area contributed by atoms with Gasteiger partial charge in [0.15, 0.2) is 0 Å². The number of hydrogen-bond donors (Lipinski definition) is 1. The highest BCUT2D eigenvalue weighted by Crippen LogP contribution is 2.15. The largest absolute Gasteiger partial charge is 0.456 e. The highest BCUT2D eigenvalue weighted by Gasteiger charge is 2.18. The van der Waals surface area contributed by atoms with Crippen LogP contribution in [0.1, 0.15) is 36.7 Å². The maximum Gasteiger partial charge on any atom is 0.338 e. The molecule has 0 radical (unpaired) electrons. The van der Waals surface area contributed by atoms with Crippen LogP contribution in [0, 0.1) is 5.82 Å². The standard InChI is InChI=1S/C12H16FNO2/c1-12(2,3)16-11(15)8-4-5-9(7-14)10(13)6-8/h4-6H,7,14H2,1-3H3. The molecule has 1 aromatic carbocycles. The lowest BCUT2D eigenvalue weighted by Gasteiger charge is -2.19. The van der Waals surface area contributed by atoms with Crippen molar-refractivity contribution in [1.82, 2.24) is 0 Å². The van der Waals surface area contributed by atoms with E-state index in [0.717, 1.165) is 6.07 Å². The highest BCUT2D eigenvalue weighted by molar-refractivity contribution is 5.89. The van der Waals surface area contributed by atoms with E-state index in [1.807, 2.05) is 0 Å². The van der Waals surface area contributed by atoms with Crippen molar-refractivity contribution in [2.75, 3.05) is 0 Å². The SMILES string of the molecule is CC(C)(C)OC(=O)c1ccc(CN)c(F)c1. The van der Waals surface area contributed by atoms with Gasteiger partial charge in [-0.05, 0) is 32.9 Å². The average Bonchev–Trinajstić information content (AvgIpc) is 2.15. The topological polar surface area (TPSA) is 52.3 Å². The predicted molar refractivity (Wildman–Crippen MR) is 59.5 cm³/mol. The monoisotopic (exact) mass is 225 g/mol. The van der Waals surface area contributed by atoms with Crippen molar-refractivity contribution < 1.29 is 13.9 Å². The van der Waals surface area contributed by atoms with Crippen LogP contribution in [0.5, 0.6) is 0 Å². The van der Waals surface area contributed by atoms with Crippen LogP contribution in [0.3, 0.4) is 0 Å². The Bertz CT molecular complexity index is 396. The van der Waals surface area contributed by atoms with E-state index in [-0.39, 0.29) is 12.1 Å². The maximum atomic E-state index is 13.4. The van der Waals surface area contributed by atoms with Crippen molar-refractivity contribution in [3.05, 3.63) is 35.1 Å². The molecule has 0 bridgehead atoms. The molecule has 4 heteroatoms. The molecule has 1 rings (SSSR count). The van der Waals surface area contributed by atoms with E-state index in [9.17, 15) is 9.18 Å². The first-order valence-corrected chi connectivity index (χ1v) is 5.05. The Kier molecular flexibility index (Phi) is 3.65. The fraction of sp³-hybridized carbons (Fsp3) is 0.417. The molecule has 0 spiro atoms. The molecule has 0 aliphatic carbocycles. The van der Waals surface area contributed by atoms with Crippen molar-refractivity contribution in [1.29, 1.82) is 0 Å². The molecule has 0 unspecified atom stereocenters. The van der Waals surface area contributed by atoms with Gasteiger partial charge in [-0.15, -0.1) is 0 Å². The number of carbonyl (C=O) groups is 1. The zero-order valence-electron chi connectivity index (χ0n) is 9.71. The summed E-state index contributed by atoms with van der Waals surface area (Å²) >= 11 is 0. The first-order valence-electron chi connectivity index (χ1n) is 5.05. The number of carbonyl (C=O) groups excluding carboxylic acids is 1. The maximum absolute atomic E-state index is 13.4. The molecule has 3 nitrogen and oxygen atoms in total. The molecule has 0 saturated heterocycles. The third-order valence-corrected chi connectivity index (χ3v) is 1.91. The van der Waals surface area contributed by atoms with E-state index in [1.165, 1.54) is 12.1 Å². The normalized spacial score (nSPS) is 11.3. The van der Waals surface area contributed by atoms with Crippen LogP contribution in [-0.4, -0.2) is 11.6 Å². The number of esters is 1. The molecule has 0 saturated carbocycles. The number of hydrogen-bond acceptors (Lipinski definition) is 3. The molecule has 88 valence electrons. The molecule has 0 amide bonds. The zero-order valence-corrected chi connectivity index (χ0v) is 9.71. The fourth-order valence-electron chi connectivity index (χ4n) is 1.18. The summed E-state index contributed by atoms with van der Waals surface area (Å²) in [7, 11) is 0. The van der Waals surface area contributed by atoms with E-state index < -0.39 is 17.4 Å². The Morgan fingerprint density at radius 1 is 1.44 bits per heavy atom. The molecule has 0 heterocycles. The second-order valence-corrected chi connectivity index (χ2v) is 4.51. The molecular formula is C12H16FNO2. The number of benzene rings is 1. The smallest absolute Gasteiger partial charge is 0.338 e. The van der Waals surface area contributed by atoms with E-state index >= 15 is 0 Å². The van der Waals surface area contributed by atoms with Crippen molar-refractivity contribution in [2.24, 2.45) is 5.73 Å². The summed E-state index contributed by atoms with van der Waals surface area (Å²) in [6, 6.07) is 4.16. The third kappa shape index (κ3) is 3.31. The van der Waals surface area contributed by atoms with Gasteiger partial charge in [-0.2, -0.15) is 0 Å². The van der Waals surface area contributed by atoms with Crippen LogP contribution >= 0.6 is 0 Å². The molecule has 0 atom stereocenters. The molecule has 0 aliphatic rings. The Hall–Kier alpha value is -1.42. The van der Waals surface area contributed by atoms with Gasteiger partial charge >= 0.3 is 5.97 Å². The molecule has 0 fully saturated rings. The van der Waals surface area contributed by atoms with Crippen LogP contribution in [0.25, 0.3) is 0 Å². The molecule has 16 heavy (non-hydrogen) atoms. The average molecular weight is 225 g/mol. The Labute approximate surface area is 94.4 Å². The lowest BCUT2D eigenvalue weighted by molar-refractivity contribution is 0.00690. The van der Waals surface area contributed by atoms with Crippen molar-refractivity contribution in [2.45, 2.75) is 32.9 Å². The third-order valence-electron chi connectivity index (χ3n) is 1.91. The van der Waals surface area contributed by atoms with E-state index in [4.69, 9.17) is 10.5 Å². The van der Waals surface area contributed by atoms with Gasteiger partial charge in [-0.25, -0.2) is 9.18 Å². The highest BCUT2D eigenvalue weighted by atomic mass is 19.1. The lowest BCUT2D eigenvalue weighted by Crippen LogP contribution is -2.24. The van der Waals surface area contributed by atoms with Crippen molar-refractivity contribution in [3.63, 3.8) is 0 Å². The van der Waals surface area contributed by atoms with E-state index in [0.29, 0.717) is 5.56 Å². The number of halogens is 1. The van der Waals surface area contributed by atoms with Crippen molar-refractivity contribution >= 4 is 5.97 Å². The Morgan fingerprint density at radius 2 is 2.06 bits per heavy atom. The van der Waals surface area contributed by atoms with Crippen LogP contribution < -0.4 is 5.73 Å². The Morgan fingerprint density at radius 3 is 2.50 bits per heavy atom. The summed E-state index contributed by atoms with van der Waals surface area (Å²) in [4.78, 5) is 11.6. The molecule has 0 aromatic heterocycles. The van der Waals surface area contributed by atoms with Crippen LogP contribution in [-0.2, 0) is 11.3 Å². The van der Waals surface area contributed by atoms with Gasteiger partial charge in [0.1, 0.15) is 11.4 Å². The minimum atomic E-state index is -0.583. The fourth-order valence-corrected chi connectivity index (χ4v) is 1.18. The summed E-state index contributed by atoms with van der Waals surface area (Å²) < 4.78 is 18.5.